The second kappa shape index (κ2) is 8.33. The van der Waals surface area contributed by atoms with Gasteiger partial charge >= 0.3 is 0 Å². The minimum Gasteiger partial charge on any atom is -0.323 e. The largest absolute Gasteiger partial charge is 0.323 e. The summed E-state index contributed by atoms with van der Waals surface area (Å²) < 4.78 is 13.9. The Labute approximate surface area is 186 Å². The molecule has 1 unspecified atom stereocenters. The second-order valence-electron chi connectivity index (χ2n) is 9.07. The number of hydrogen-bond donors (Lipinski definition) is 2. The monoisotopic (exact) mass is 428 g/mol. The highest BCUT2D eigenvalue weighted by Gasteiger charge is 2.45. The molecule has 1 amide bonds. The van der Waals surface area contributed by atoms with Crippen LogP contribution in [0.25, 0.3) is 10.9 Å². The van der Waals surface area contributed by atoms with Gasteiger partial charge in [-0.1, -0.05) is 5.92 Å². The van der Waals surface area contributed by atoms with Crippen LogP contribution in [0.3, 0.4) is 0 Å². The standard InChI is InChI=1S/C26H25FN4O/c1-2-20-4-5-21(14-30-20)31-26(32)25(28)18-11-15-9-17(10-16(15)12-18)22-7-8-29-24-6-3-19(27)13-23(22)24/h1,3-8,13-18,25H,9-12,28H2,(H,31,32)/t15-,16+,17-,18+,25?. The maximum absolute atomic E-state index is 13.9. The van der Waals surface area contributed by atoms with Gasteiger partial charge in [-0.05, 0) is 91.3 Å². The van der Waals surface area contributed by atoms with Crippen LogP contribution in [0.1, 0.15) is 42.9 Å². The van der Waals surface area contributed by atoms with Gasteiger partial charge in [-0.25, -0.2) is 9.37 Å². The SMILES string of the molecule is C#Cc1ccc(NC(=O)C(N)[C@H]2C[C@H]3C[C@@H](c4ccnc5ccc(F)cc45)C[C@H]3C2)cn1. The molecule has 5 atom stereocenters. The average molecular weight is 429 g/mol. The van der Waals surface area contributed by atoms with Crippen LogP contribution < -0.4 is 11.1 Å². The van der Waals surface area contributed by atoms with Crippen molar-refractivity contribution in [3.8, 4) is 12.3 Å². The highest BCUT2D eigenvalue weighted by Crippen LogP contribution is 2.53. The van der Waals surface area contributed by atoms with E-state index in [9.17, 15) is 9.18 Å². The fourth-order valence-corrected chi connectivity index (χ4v) is 5.70. The number of terminal acetylenes is 1. The molecule has 2 aliphatic rings. The van der Waals surface area contributed by atoms with Crippen molar-refractivity contribution in [1.29, 1.82) is 0 Å². The lowest BCUT2D eigenvalue weighted by atomic mass is 9.88. The highest BCUT2D eigenvalue weighted by molar-refractivity contribution is 5.94. The molecule has 1 aromatic carbocycles. The van der Waals surface area contributed by atoms with Crippen molar-refractivity contribution in [2.24, 2.45) is 23.5 Å². The molecule has 2 fully saturated rings. The zero-order chi connectivity index (χ0) is 22.2. The Bertz CT molecular complexity index is 1190. The molecule has 0 spiro atoms. The molecule has 0 saturated heterocycles. The Morgan fingerprint density at radius 3 is 2.59 bits per heavy atom. The predicted molar refractivity (Wildman–Crippen MR) is 122 cm³/mol. The van der Waals surface area contributed by atoms with Crippen molar-refractivity contribution >= 4 is 22.5 Å². The number of pyridine rings is 2. The summed E-state index contributed by atoms with van der Waals surface area (Å²) in [5.41, 5.74) is 9.49. The predicted octanol–water partition coefficient (Wildman–Crippen LogP) is 4.24. The fourth-order valence-electron chi connectivity index (χ4n) is 5.70. The van der Waals surface area contributed by atoms with E-state index in [2.05, 4.69) is 21.2 Å². The summed E-state index contributed by atoms with van der Waals surface area (Å²) in [6.07, 6.45) is 12.7. The van der Waals surface area contributed by atoms with Crippen LogP contribution >= 0.6 is 0 Å². The molecule has 0 bridgehead atoms. The van der Waals surface area contributed by atoms with Gasteiger partial charge in [0.05, 0.1) is 23.4 Å². The van der Waals surface area contributed by atoms with Crippen molar-refractivity contribution < 1.29 is 9.18 Å². The maximum atomic E-state index is 13.9. The molecule has 162 valence electrons. The van der Waals surface area contributed by atoms with Crippen LogP contribution in [-0.4, -0.2) is 21.9 Å². The molecular formula is C26H25FN4O. The molecule has 2 heterocycles. The van der Waals surface area contributed by atoms with Crippen molar-refractivity contribution in [3.05, 3.63) is 65.9 Å². The van der Waals surface area contributed by atoms with Crippen molar-refractivity contribution in [1.82, 2.24) is 9.97 Å². The van der Waals surface area contributed by atoms with Gasteiger partial charge in [0, 0.05) is 11.6 Å². The Hall–Kier alpha value is -3.30. The molecular weight excluding hydrogens is 403 g/mol. The number of nitrogens with zero attached hydrogens (tertiary/aromatic N) is 2. The third-order valence-electron chi connectivity index (χ3n) is 7.22. The topological polar surface area (TPSA) is 80.9 Å². The third kappa shape index (κ3) is 3.85. The molecule has 3 aromatic rings. The average Bonchev–Trinajstić information content (AvgIpc) is 3.38. The first kappa shape index (κ1) is 20.6. The number of amides is 1. The Balaban J connectivity index is 1.23. The molecule has 2 aliphatic carbocycles. The first-order valence-electron chi connectivity index (χ1n) is 11.0. The zero-order valence-corrected chi connectivity index (χ0v) is 17.7. The van der Waals surface area contributed by atoms with Gasteiger partial charge in [-0.2, -0.15) is 0 Å². The number of carbonyl (C=O) groups is 1. The molecule has 6 heteroatoms. The summed E-state index contributed by atoms with van der Waals surface area (Å²) >= 11 is 0. The van der Waals surface area contributed by atoms with Crippen LogP contribution in [0.15, 0.2) is 48.8 Å². The number of halogens is 1. The number of rotatable bonds is 4. The number of benzene rings is 1. The van der Waals surface area contributed by atoms with E-state index in [1.807, 2.05) is 12.3 Å². The van der Waals surface area contributed by atoms with Crippen LogP contribution in [0.4, 0.5) is 10.1 Å². The summed E-state index contributed by atoms with van der Waals surface area (Å²) in [5.74, 6) is 3.67. The quantitative estimate of drug-likeness (QED) is 0.609. The Morgan fingerprint density at radius 2 is 1.91 bits per heavy atom. The smallest absolute Gasteiger partial charge is 0.241 e. The van der Waals surface area contributed by atoms with Crippen LogP contribution in [0, 0.1) is 35.9 Å². The van der Waals surface area contributed by atoms with Crippen molar-refractivity contribution in [2.75, 3.05) is 5.32 Å². The van der Waals surface area contributed by atoms with Gasteiger partial charge in [-0.3, -0.25) is 9.78 Å². The zero-order valence-electron chi connectivity index (χ0n) is 17.7. The van der Waals surface area contributed by atoms with E-state index < -0.39 is 6.04 Å². The van der Waals surface area contributed by atoms with E-state index in [1.165, 1.54) is 11.6 Å². The van der Waals surface area contributed by atoms with Crippen molar-refractivity contribution in [3.63, 3.8) is 0 Å². The fraction of sp³-hybridized carbons (Fsp3) is 0.346. The van der Waals surface area contributed by atoms with Crippen LogP contribution in [0.5, 0.6) is 0 Å². The number of nitrogens with one attached hydrogen (secondary N) is 1. The number of anilines is 1. The van der Waals surface area contributed by atoms with E-state index >= 15 is 0 Å². The van der Waals surface area contributed by atoms with E-state index in [0.29, 0.717) is 29.1 Å². The van der Waals surface area contributed by atoms with Gasteiger partial charge in [-0.15, -0.1) is 6.42 Å². The molecule has 5 rings (SSSR count). The highest BCUT2D eigenvalue weighted by atomic mass is 19.1. The normalized spacial score (nSPS) is 25.3. The number of nitrogens with two attached hydrogens (primary N) is 1. The van der Waals surface area contributed by atoms with E-state index in [4.69, 9.17) is 12.2 Å². The molecule has 2 aromatic heterocycles. The van der Waals surface area contributed by atoms with Crippen LogP contribution in [0.2, 0.25) is 0 Å². The third-order valence-corrected chi connectivity index (χ3v) is 7.22. The molecule has 32 heavy (non-hydrogen) atoms. The second-order valence-corrected chi connectivity index (χ2v) is 9.07. The van der Waals surface area contributed by atoms with Gasteiger partial charge in [0.15, 0.2) is 0 Å². The lowest BCUT2D eigenvalue weighted by Crippen LogP contribution is -2.41. The summed E-state index contributed by atoms with van der Waals surface area (Å²) in [5, 5.41) is 3.77. The summed E-state index contributed by atoms with van der Waals surface area (Å²) in [7, 11) is 0. The van der Waals surface area contributed by atoms with E-state index in [-0.39, 0.29) is 17.6 Å². The minimum atomic E-state index is -0.554. The van der Waals surface area contributed by atoms with Gasteiger partial charge in [0.1, 0.15) is 11.5 Å². The van der Waals surface area contributed by atoms with Gasteiger partial charge in [0.25, 0.3) is 0 Å². The lowest BCUT2D eigenvalue weighted by Gasteiger charge is -2.21. The maximum Gasteiger partial charge on any atom is 0.241 e. The van der Waals surface area contributed by atoms with Gasteiger partial charge < -0.3 is 11.1 Å². The lowest BCUT2D eigenvalue weighted by molar-refractivity contribution is -0.118. The van der Waals surface area contributed by atoms with E-state index in [0.717, 1.165) is 36.6 Å². The number of hydrogen-bond acceptors (Lipinski definition) is 4. The van der Waals surface area contributed by atoms with Gasteiger partial charge in [0.2, 0.25) is 5.91 Å². The first-order valence-corrected chi connectivity index (χ1v) is 11.0. The summed E-state index contributed by atoms with van der Waals surface area (Å²) in [6.45, 7) is 0. The van der Waals surface area contributed by atoms with E-state index in [1.54, 1.807) is 30.5 Å². The number of carbonyl (C=O) groups excluding carboxylic acids is 1. The summed E-state index contributed by atoms with van der Waals surface area (Å²) in [4.78, 5) is 21.2. The molecule has 2 saturated carbocycles. The molecule has 5 nitrogen and oxygen atoms in total. The molecule has 3 N–H and O–H groups in total. The Morgan fingerprint density at radius 1 is 1.12 bits per heavy atom. The Kier molecular flexibility index (Phi) is 5.36. The first-order chi connectivity index (χ1) is 15.5. The van der Waals surface area contributed by atoms with Crippen molar-refractivity contribution in [2.45, 2.75) is 37.6 Å². The minimum absolute atomic E-state index is 0.163. The molecule has 0 aliphatic heterocycles. The molecule has 0 radical (unpaired) electrons. The number of fused-ring (bicyclic) bond motifs is 2. The number of aromatic nitrogens is 2. The van der Waals surface area contributed by atoms with Crippen LogP contribution in [-0.2, 0) is 4.79 Å². The summed E-state index contributed by atoms with van der Waals surface area (Å²) in [6, 6.07) is 9.70.